The first-order valence-corrected chi connectivity index (χ1v) is 14.1. The molecular formula is C27H30F6N6O4. The highest BCUT2D eigenvalue weighted by molar-refractivity contribution is 5.80. The van der Waals surface area contributed by atoms with Gasteiger partial charge in [-0.15, -0.1) is 5.06 Å². The molecule has 43 heavy (non-hydrogen) atoms. The fourth-order valence-corrected chi connectivity index (χ4v) is 6.96. The Hall–Kier alpha value is -3.53. The normalized spacial score (nSPS) is 24.6. The minimum absolute atomic E-state index is 0.109. The molecule has 10 nitrogen and oxygen atoms in total. The van der Waals surface area contributed by atoms with E-state index in [1.165, 1.54) is 24.1 Å². The van der Waals surface area contributed by atoms with Gasteiger partial charge in [0.25, 0.3) is 5.56 Å². The Morgan fingerprint density at radius 3 is 2.44 bits per heavy atom. The van der Waals surface area contributed by atoms with E-state index in [1.807, 2.05) is 0 Å². The quantitative estimate of drug-likeness (QED) is 0.513. The molecule has 2 aromatic rings. The smallest absolute Gasteiger partial charge is 0.327 e. The van der Waals surface area contributed by atoms with Gasteiger partial charge in [0.05, 0.1) is 5.56 Å². The molecule has 1 saturated carbocycles. The van der Waals surface area contributed by atoms with E-state index in [9.17, 15) is 40.7 Å². The molecule has 1 N–H and O–H groups in total. The fourth-order valence-electron chi connectivity index (χ4n) is 6.96. The molecule has 2 saturated heterocycles. The zero-order valence-corrected chi connectivity index (χ0v) is 23.1. The lowest BCUT2D eigenvalue weighted by molar-refractivity contribution is -0.203. The van der Waals surface area contributed by atoms with Crippen LogP contribution in [-0.4, -0.2) is 58.1 Å². The fraction of sp³-hybridized carbons (Fsp3) is 0.593. The van der Waals surface area contributed by atoms with E-state index in [0.29, 0.717) is 44.0 Å². The van der Waals surface area contributed by atoms with Gasteiger partial charge in [-0.25, -0.2) is 9.59 Å². The predicted molar refractivity (Wildman–Crippen MR) is 141 cm³/mol. The summed E-state index contributed by atoms with van der Waals surface area (Å²) in [5.41, 5.74) is -2.62. The molecule has 6 rings (SSSR count). The Morgan fingerprint density at radius 2 is 1.77 bits per heavy atom. The van der Waals surface area contributed by atoms with Gasteiger partial charge < -0.3 is 15.1 Å². The van der Waals surface area contributed by atoms with E-state index < -0.39 is 47.5 Å². The summed E-state index contributed by atoms with van der Waals surface area (Å²) in [4.78, 5) is 48.1. The van der Waals surface area contributed by atoms with E-state index in [4.69, 9.17) is 4.84 Å². The lowest BCUT2D eigenvalue weighted by atomic mass is 10.1. The van der Waals surface area contributed by atoms with Crippen LogP contribution in [0.5, 0.6) is 0 Å². The van der Waals surface area contributed by atoms with Crippen molar-refractivity contribution in [2.75, 3.05) is 29.6 Å². The summed E-state index contributed by atoms with van der Waals surface area (Å²) in [6.07, 6.45) is -8.14. The number of anilines is 2. The Balaban J connectivity index is 1.55. The second kappa shape index (κ2) is 10.6. The highest BCUT2D eigenvalue weighted by atomic mass is 19.4. The van der Waals surface area contributed by atoms with Gasteiger partial charge in [-0.2, -0.15) is 26.3 Å². The number of hydrogen-bond acceptors (Lipinski definition) is 8. The van der Waals surface area contributed by atoms with Crippen molar-refractivity contribution in [1.82, 2.24) is 19.4 Å². The molecule has 4 heterocycles. The van der Waals surface area contributed by atoms with Crippen LogP contribution < -0.4 is 26.5 Å². The van der Waals surface area contributed by atoms with Gasteiger partial charge in [0.2, 0.25) is 0 Å². The maximum atomic E-state index is 14.2. The Bertz CT molecular complexity index is 1530. The molecule has 0 radical (unpaired) electrons. The number of alkyl halides is 6. The second-order valence-electron chi connectivity index (χ2n) is 11.5. The highest BCUT2D eigenvalue weighted by Gasteiger charge is 2.54. The van der Waals surface area contributed by atoms with E-state index in [-0.39, 0.29) is 35.6 Å². The van der Waals surface area contributed by atoms with Gasteiger partial charge in [-0.1, -0.05) is 25.0 Å². The standard InChI is InChI=1S/C27H30F6N6O4/c1-35-21-20(22(40)38(25(35)42)18-7-2-3-8-18)37(14-15-5-4-6-17(11-15)26(28,29)30)24(39(21)43-23(41)27(31,32)33)36-10-9-16-12-34-13-19(16)36/h4-6,11,16,18-19,24,34H,2-3,7-10,12-14H2,1H3. The molecule has 1 aromatic carbocycles. The van der Waals surface area contributed by atoms with Gasteiger partial charge in [0, 0.05) is 38.8 Å². The molecule has 1 aliphatic carbocycles. The zero-order valence-electron chi connectivity index (χ0n) is 23.1. The lowest BCUT2D eigenvalue weighted by Crippen LogP contribution is -2.59. The van der Waals surface area contributed by atoms with Crippen LogP contribution in [0.2, 0.25) is 0 Å². The SMILES string of the molecule is Cn1c2c(c(=O)n(C3CCCC3)c1=O)N(Cc1cccc(C(F)(F)F)c1)C(N1CCC3CNCC31)N2OC(=O)C(F)(F)F. The van der Waals surface area contributed by atoms with Crippen molar-refractivity contribution in [2.45, 2.75) is 69.4 Å². The van der Waals surface area contributed by atoms with Crippen molar-refractivity contribution in [3.05, 3.63) is 56.2 Å². The van der Waals surface area contributed by atoms with Crippen LogP contribution in [0.4, 0.5) is 37.8 Å². The summed E-state index contributed by atoms with van der Waals surface area (Å²) < 4.78 is 83.5. The second-order valence-corrected chi connectivity index (χ2v) is 11.5. The number of carbonyl (C=O) groups excluding carboxylic acids is 1. The van der Waals surface area contributed by atoms with Crippen molar-refractivity contribution in [3.63, 3.8) is 0 Å². The predicted octanol–water partition coefficient (Wildman–Crippen LogP) is 3.11. The number of nitrogens with zero attached hydrogens (tertiary/aromatic N) is 5. The first kappa shape index (κ1) is 29.5. The number of hydrogen-bond donors (Lipinski definition) is 1. The van der Waals surface area contributed by atoms with Crippen LogP contribution in [0.1, 0.15) is 49.3 Å². The van der Waals surface area contributed by atoms with E-state index in [2.05, 4.69) is 5.32 Å². The molecule has 3 unspecified atom stereocenters. The van der Waals surface area contributed by atoms with Crippen molar-refractivity contribution in [2.24, 2.45) is 13.0 Å². The number of nitrogens with one attached hydrogen (secondary N) is 1. The topological polar surface area (TPSA) is 92.1 Å². The van der Waals surface area contributed by atoms with Crippen molar-refractivity contribution in [1.29, 1.82) is 0 Å². The average molecular weight is 617 g/mol. The van der Waals surface area contributed by atoms with Gasteiger partial charge in [0.15, 0.2) is 17.8 Å². The molecule has 4 aliphatic rings. The molecular weight excluding hydrogens is 586 g/mol. The average Bonchev–Trinajstić information content (AvgIpc) is 3.72. The van der Waals surface area contributed by atoms with Crippen molar-refractivity contribution < 1.29 is 36.0 Å². The first-order chi connectivity index (χ1) is 20.3. The number of aromatic nitrogens is 2. The number of rotatable bonds is 5. The van der Waals surface area contributed by atoms with Crippen molar-refractivity contribution >= 4 is 17.5 Å². The lowest BCUT2D eigenvalue weighted by Gasteiger charge is -2.39. The molecule has 0 amide bonds. The highest BCUT2D eigenvalue weighted by Crippen LogP contribution is 2.43. The number of benzene rings is 1. The maximum Gasteiger partial charge on any atom is 0.493 e. The maximum absolute atomic E-state index is 14.2. The Morgan fingerprint density at radius 1 is 1.05 bits per heavy atom. The Kier molecular flexibility index (Phi) is 7.26. The van der Waals surface area contributed by atoms with E-state index in [0.717, 1.165) is 34.1 Å². The van der Waals surface area contributed by atoms with Gasteiger partial charge in [0.1, 0.15) is 0 Å². The number of carbonyl (C=O) groups is 1. The van der Waals surface area contributed by atoms with Crippen molar-refractivity contribution in [3.8, 4) is 0 Å². The molecule has 1 aromatic heterocycles. The zero-order chi connectivity index (χ0) is 30.8. The number of fused-ring (bicyclic) bond motifs is 2. The van der Waals surface area contributed by atoms with E-state index in [1.54, 1.807) is 4.90 Å². The third-order valence-electron chi connectivity index (χ3n) is 8.92. The molecule has 0 spiro atoms. The van der Waals surface area contributed by atoms with Crippen LogP contribution in [-0.2, 0) is 29.4 Å². The number of halogens is 6. The van der Waals surface area contributed by atoms with Crippen LogP contribution in [0.15, 0.2) is 33.9 Å². The number of likely N-dealkylation sites (tertiary alicyclic amines) is 1. The van der Waals surface area contributed by atoms with Crippen LogP contribution in [0, 0.1) is 5.92 Å². The number of hydroxylamine groups is 1. The third-order valence-corrected chi connectivity index (χ3v) is 8.92. The summed E-state index contributed by atoms with van der Waals surface area (Å²) in [6.45, 7) is 1.10. The third kappa shape index (κ3) is 5.07. The van der Waals surface area contributed by atoms with Crippen LogP contribution in [0.25, 0.3) is 0 Å². The first-order valence-electron chi connectivity index (χ1n) is 14.1. The van der Waals surface area contributed by atoms with Crippen LogP contribution >= 0.6 is 0 Å². The molecule has 3 atom stereocenters. The molecule has 3 fully saturated rings. The summed E-state index contributed by atoms with van der Waals surface area (Å²) in [7, 11) is 1.27. The molecule has 0 bridgehead atoms. The van der Waals surface area contributed by atoms with Gasteiger partial charge >= 0.3 is 24.0 Å². The van der Waals surface area contributed by atoms with Crippen LogP contribution in [0.3, 0.4) is 0 Å². The molecule has 3 aliphatic heterocycles. The van der Waals surface area contributed by atoms with Gasteiger partial charge in [-0.3, -0.25) is 18.8 Å². The summed E-state index contributed by atoms with van der Waals surface area (Å²) in [5.74, 6) is -2.82. The molecule has 234 valence electrons. The Labute approximate surface area is 241 Å². The molecule has 16 heteroatoms. The summed E-state index contributed by atoms with van der Waals surface area (Å²) in [6, 6.07) is 3.73. The summed E-state index contributed by atoms with van der Waals surface area (Å²) in [5, 5.41) is 3.87. The van der Waals surface area contributed by atoms with Gasteiger partial charge in [-0.05, 0) is 49.4 Å². The monoisotopic (exact) mass is 616 g/mol. The summed E-state index contributed by atoms with van der Waals surface area (Å²) >= 11 is 0. The van der Waals surface area contributed by atoms with E-state index >= 15 is 0 Å². The minimum atomic E-state index is -5.40. The largest absolute Gasteiger partial charge is 0.493 e. The minimum Gasteiger partial charge on any atom is -0.327 e.